The highest BCUT2D eigenvalue weighted by molar-refractivity contribution is 9.10. The summed E-state index contributed by atoms with van der Waals surface area (Å²) >= 11 is 3.40. The number of likely N-dealkylation sites (tertiary alicyclic amines) is 1. The van der Waals surface area contributed by atoms with Crippen LogP contribution in [0.4, 0.5) is 5.69 Å². The van der Waals surface area contributed by atoms with Crippen molar-refractivity contribution >= 4 is 33.4 Å². The van der Waals surface area contributed by atoms with Crippen molar-refractivity contribution in [2.24, 2.45) is 5.92 Å². The van der Waals surface area contributed by atoms with Crippen molar-refractivity contribution < 1.29 is 9.59 Å². The van der Waals surface area contributed by atoms with Crippen molar-refractivity contribution in [3.05, 3.63) is 28.7 Å². The molecule has 0 radical (unpaired) electrons. The highest BCUT2D eigenvalue weighted by atomic mass is 79.9. The summed E-state index contributed by atoms with van der Waals surface area (Å²) in [7, 11) is 0. The Hall–Kier alpha value is -1.36. The molecule has 1 aromatic rings. The fourth-order valence-electron chi connectivity index (χ4n) is 2.27. The van der Waals surface area contributed by atoms with Crippen molar-refractivity contribution in [1.82, 2.24) is 4.90 Å². The van der Waals surface area contributed by atoms with E-state index in [1.165, 1.54) is 0 Å². The highest BCUT2D eigenvalue weighted by Gasteiger charge is 2.27. The third kappa shape index (κ3) is 3.56. The normalized spacial score (nSPS) is 19.1. The summed E-state index contributed by atoms with van der Waals surface area (Å²) in [6.45, 7) is 2.83. The maximum atomic E-state index is 12.2. The average Bonchev–Trinajstić information content (AvgIpc) is 2.41. The van der Waals surface area contributed by atoms with E-state index in [0.717, 1.165) is 29.5 Å². The number of halogens is 1. The molecule has 0 spiro atoms. The van der Waals surface area contributed by atoms with Gasteiger partial charge >= 0.3 is 0 Å². The lowest BCUT2D eigenvalue weighted by Crippen LogP contribution is -2.42. The SMILES string of the molecule is CC(=O)N1CCCC(C(=O)Nc2ccccc2Br)C1. The molecule has 1 heterocycles. The van der Waals surface area contributed by atoms with E-state index in [1.807, 2.05) is 24.3 Å². The molecule has 0 aliphatic carbocycles. The molecule has 1 N–H and O–H groups in total. The Morgan fingerprint density at radius 1 is 1.37 bits per heavy atom. The number of benzene rings is 1. The van der Waals surface area contributed by atoms with Gasteiger partial charge in [-0.3, -0.25) is 9.59 Å². The van der Waals surface area contributed by atoms with Gasteiger partial charge in [0.05, 0.1) is 11.6 Å². The van der Waals surface area contributed by atoms with Crippen LogP contribution in [0.3, 0.4) is 0 Å². The summed E-state index contributed by atoms with van der Waals surface area (Å²) in [5, 5.41) is 2.92. The summed E-state index contributed by atoms with van der Waals surface area (Å²) in [5.74, 6) is -0.0963. The van der Waals surface area contributed by atoms with E-state index >= 15 is 0 Å². The summed E-state index contributed by atoms with van der Waals surface area (Å²) in [4.78, 5) is 25.3. The summed E-state index contributed by atoms with van der Waals surface area (Å²) in [6.07, 6.45) is 1.72. The fourth-order valence-corrected chi connectivity index (χ4v) is 2.66. The van der Waals surface area contributed by atoms with Gasteiger partial charge in [0.1, 0.15) is 0 Å². The second-order valence-corrected chi connectivity index (χ2v) is 5.63. The van der Waals surface area contributed by atoms with E-state index in [0.29, 0.717) is 6.54 Å². The van der Waals surface area contributed by atoms with Crippen LogP contribution in [-0.2, 0) is 9.59 Å². The van der Waals surface area contributed by atoms with E-state index < -0.39 is 0 Å². The molecular formula is C14H17BrN2O2. The third-order valence-electron chi connectivity index (χ3n) is 3.37. The Labute approximate surface area is 121 Å². The zero-order chi connectivity index (χ0) is 13.8. The number of nitrogens with zero attached hydrogens (tertiary/aromatic N) is 1. The number of hydrogen-bond acceptors (Lipinski definition) is 2. The molecule has 1 aliphatic heterocycles. The Bertz CT molecular complexity index is 490. The molecule has 1 fully saturated rings. The third-order valence-corrected chi connectivity index (χ3v) is 4.06. The van der Waals surface area contributed by atoms with E-state index in [2.05, 4.69) is 21.2 Å². The van der Waals surface area contributed by atoms with Gasteiger partial charge in [0.15, 0.2) is 0 Å². The van der Waals surface area contributed by atoms with Gasteiger partial charge in [0, 0.05) is 24.5 Å². The van der Waals surface area contributed by atoms with Gasteiger partial charge in [-0.15, -0.1) is 0 Å². The Kier molecular flexibility index (Phi) is 4.58. The Morgan fingerprint density at radius 2 is 2.11 bits per heavy atom. The first-order valence-electron chi connectivity index (χ1n) is 6.39. The molecule has 1 aliphatic rings. The Balaban J connectivity index is 2.00. The van der Waals surface area contributed by atoms with E-state index in [-0.39, 0.29) is 17.7 Å². The molecule has 1 atom stereocenters. The van der Waals surface area contributed by atoms with Crippen LogP contribution in [0.25, 0.3) is 0 Å². The van der Waals surface area contributed by atoms with Gasteiger partial charge in [0.25, 0.3) is 0 Å². The van der Waals surface area contributed by atoms with Gasteiger partial charge in [-0.05, 0) is 40.9 Å². The van der Waals surface area contributed by atoms with E-state index in [4.69, 9.17) is 0 Å². The predicted octanol–water partition coefficient (Wildman–Crippen LogP) is 2.65. The van der Waals surface area contributed by atoms with Gasteiger partial charge in [0.2, 0.25) is 11.8 Å². The number of nitrogens with one attached hydrogen (secondary N) is 1. The summed E-state index contributed by atoms with van der Waals surface area (Å²) in [6, 6.07) is 7.52. The van der Waals surface area contributed by atoms with Gasteiger partial charge in [-0.2, -0.15) is 0 Å². The molecule has 5 heteroatoms. The minimum Gasteiger partial charge on any atom is -0.342 e. The highest BCUT2D eigenvalue weighted by Crippen LogP contribution is 2.24. The van der Waals surface area contributed by atoms with Crippen LogP contribution in [0.2, 0.25) is 0 Å². The summed E-state index contributed by atoms with van der Waals surface area (Å²) in [5.41, 5.74) is 0.771. The summed E-state index contributed by atoms with van der Waals surface area (Å²) < 4.78 is 0.864. The Morgan fingerprint density at radius 3 is 2.79 bits per heavy atom. The first-order chi connectivity index (χ1) is 9.08. The van der Waals surface area contributed by atoms with Crippen molar-refractivity contribution in [2.45, 2.75) is 19.8 Å². The van der Waals surface area contributed by atoms with Crippen LogP contribution in [0.15, 0.2) is 28.7 Å². The number of anilines is 1. The molecule has 0 bridgehead atoms. The maximum Gasteiger partial charge on any atom is 0.229 e. The van der Waals surface area contributed by atoms with Crippen LogP contribution >= 0.6 is 15.9 Å². The molecule has 19 heavy (non-hydrogen) atoms. The second-order valence-electron chi connectivity index (χ2n) is 4.77. The van der Waals surface area contributed by atoms with Gasteiger partial charge in [-0.1, -0.05) is 12.1 Å². The van der Waals surface area contributed by atoms with Crippen molar-refractivity contribution in [1.29, 1.82) is 0 Å². The van der Waals surface area contributed by atoms with Crippen molar-refractivity contribution in [2.75, 3.05) is 18.4 Å². The fraction of sp³-hybridized carbons (Fsp3) is 0.429. The number of rotatable bonds is 2. The molecule has 4 nitrogen and oxygen atoms in total. The second kappa shape index (κ2) is 6.19. The van der Waals surface area contributed by atoms with Crippen LogP contribution < -0.4 is 5.32 Å². The van der Waals surface area contributed by atoms with Crippen LogP contribution in [-0.4, -0.2) is 29.8 Å². The quantitative estimate of drug-likeness (QED) is 0.909. The molecule has 2 amide bonds. The van der Waals surface area contributed by atoms with Crippen molar-refractivity contribution in [3.8, 4) is 0 Å². The first kappa shape index (κ1) is 14.1. The lowest BCUT2D eigenvalue weighted by molar-refractivity contribution is -0.132. The predicted molar refractivity (Wildman–Crippen MR) is 77.7 cm³/mol. The topological polar surface area (TPSA) is 49.4 Å². The number of para-hydroxylation sites is 1. The number of amides is 2. The first-order valence-corrected chi connectivity index (χ1v) is 7.18. The average molecular weight is 325 g/mol. The molecule has 1 aromatic carbocycles. The molecule has 1 saturated heterocycles. The van der Waals surface area contributed by atoms with Gasteiger partial charge in [-0.25, -0.2) is 0 Å². The van der Waals surface area contributed by atoms with Crippen molar-refractivity contribution in [3.63, 3.8) is 0 Å². The smallest absolute Gasteiger partial charge is 0.229 e. The van der Waals surface area contributed by atoms with Crippen LogP contribution in [0.1, 0.15) is 19.8 Å². The zero-order valence-electron chi connectivity index (χ0n) is 10.9. The monoisotopic (exact) mass is 324 g/mol. The van der Waals surface area contributed by atoms with Gasteiger partial charge < -0.3 is 10.2 Å². The number of piperidine rings is 1. The van der Waals surface area contributed by atoms with E-state index in [9.17, 15) is 9.59 Å². The minimum absolute atomic E-state index is 0.0159. The van der Waals surface area contributed by atoms with Crippen LogP contribution in [0, 0.1) is 5.92 Å². The molecule has 0 saturated carbocycles. The molecule has 2 rings (SSSR count). The lowest BCUT2D eigenvalue weighted by atomic mass is 9.97. The number of hydrogen-bond donors (Lipinski definition) is 1. The number of carbonyl (C=O) groups excluding carboxylic acids is 2. The lowest BCUT2D eigenvalue weighted by Gasteiger charge is -2.31. The standard InChI is InChI=1S/C14H17BrN2O2/c1-10(18)17-8-4-5-11(9-17)14(19)16-13-7-3-2-6-12(13)15/h2-3,6-7,11H,4-5,8-9H2,1H3,(H,16,19). The zero-order valence-corrected chi connectivity index (χ0v) is 12.4. The van der Waals surface area contributed by atoms with E-state index in [1.54, 1.807) is 11.8 Å². The molecule has 102 valence electrons. The largest absolute Gasteiger partial charge is 0.342 e. The molecular weight excluding hydrogens is 308 g/mol. The molecule has 0 aromatic heterocycles. The number of carbonyl (C=O) groups is 2. The van der Waals surface area contributed by atoms with Crippen LogP contribution in [0.5, 0.6) is 0 Å². The molecule has 1 unspecified atom stereocenters. The minimum atomic E-state index is -0.121. The maximum absolute atomic E-state index is 12.2.